The quantitative estimate of drug-likeness (QED) is 0.498. The second-order valence-electron chi connectivity index (χ2n) is 4.39. The topological polar surface area (TPSA) is 63.2 Å². The summed E-state index contributed by atoms with van der Waals surface area (Å²) in [6, 6.07) is 4.31. The van der Waals surface area contributed by atoms with Gasteiger partial charge in [0.1, 0.15) is 0 Å². The van der Waals surface area contributed by atoms with Crippen molar-refractivity contribution in [1.29, 1.82) is 0 Å². The Balaban J connectivity index is 2.74. The van der Waals surface area contributed by atoms with Gasteiger partial charge in [-0.15, -0.1) is 12.3 Å². The Morgan fingerprint density at radius 2 is 2.05 bits per heavy atom. The van der Waals surface area contributed by atoms with Crippen LogP contribution in [0.4, 0.5) is 0 Å². The fraction of sp³-hybridized carbons (Fsp3) is 0.357. The van der Waals surface area contributed by atoms with E-state index in [2.05, 4.69) is 11.2 Å². The number of amides is 1. The van der Waals surface area contributed by atoms with Crippen molar-refractivity contribution in [2.24, 2.45) is 0 Å². The summed E-state index contributed by atoms with van der Waals surface area (Å²) in [5.41, 5.74) is 0.936. The van der Waals surface area contributed by atoms with Crippen molar-refractivity contribution in [2.75, 3.05) is 6.54 Å². The summed E-state index contributed by atoms with van der Waals surface area (Å²) in [7, 11) is 1.45. The highest BCUT2D eigenvalue weighted by Crippen LogP contribution is 2.18. The maximum absolute atomic E-state index is 11.9. The van der Waals surface area contributed by atoms with Gasteiger partial charge in [-0.3, -0.25) is 4.79 Å². The average molecular weight is 314 g/mol. The van der Waals surface area contributed by atoms with E-state index in [1.54, 1.807) is 13.0 Å². The lowest BCUT2D eigenvalue weighted by atomic mass is 10.1. The molecule has 0 heterocycles. The number of carbonyl (C=O) groups excluding carboxylic acids is 1. The van der Waals surface area contributed by atoms with E-state index < -0.39 is 9.05 Å². The Morgan fingerprint density at radius 1 is 1.35 bits per heavy atom. The van der Waals surface area contributed by atoms with Gasteiger partial charge in [0.2, 0.25) is 0 Å². The molecular weight excluding hydrogens is 298 g/mol. The van der Waals surface area contributed by atoms with Gasteiger partial charge < -0.3 is 5.32 Å². The Kier molecular flexibility index (Phi) is 6.05. The van der Waals surface area contributed by atoms with Crippen molar-refractivity contribution in [3.8, 4) is 12.3 Å². The van der Waals surface area contributed by atoms with Gasteiger partial charge in [0.15, 0.2) is 0 Å². The van der Waals surface area contributed by atoms with E-state index in [0.29, 0.717) is 18.5 Å². The highest BCUT2D eigenvalue weighted by Gasteiger charge is 2.14. The molecular formula is C14H16ClNO3S. The minimum Gasteiger partial charge on any atom is -0.352 e. The Bertz CT molecular complexity index is 632. The summed E-state index contributed by atoms with van der Waals surface area (Å²) in [5.74, 6) is 2.20. The van der Waals surface area contributed by atoms with Gasteiger partial charge >= 0.3 is 0 Å². The molecule has 0 atom stereocenters. The van der Waals surface area contributed by atoms with Crippen molar-refractivity contribution in [3.05, 3.63) is 29.3 Å². The van der Waals surface area contributed by atoms with Crippen molar-refractivity contribution < 1.29 is 13.2 Å². The van der Waals surface area contributed by atoms with Gasteiger partial charge in [-0.2, -0.15) is 0 Å². The third-order valence-electron chi connectivity index (χ3n) is 2.63. The fourth-order valence-electron chi connectivity index (χ4n) is 1.68. The van der Waals surface area contributed by atoms with Gasteiger partial charge in [0.05, 0.1) is 4.90 Å². The van der Waals surface area contributed by atoms with Crippen LogP contribution in [-0.2, 0) is 9.05 Å². The van der Waals surface area contributed by atoms with E-state index in [0.717, 1.165) is 12.8 Å². The molecule has 0 spiro atoms. The van der Waals surface area contributed by atoms with Crippen LogP contribution in [-0.4, -0.2) is 20.9 Å². The zero-order valence-corrected chi connectivity index (χ0v) is 12.7. The molecule has 1 aromatic carbocycles. The molecule has 0 aliphatic carbocycles. The smallest absolute Gasteiger partial charge is 0.261 e. The minimum absolute atomic E-state index is 0.0725. The molecule has 1 aromatic rings. The Hall–Kier alpha value is -1.51. The molecule has 1 amide bonds. The third-order valence-corrected chi connectivity index (χ3v) is 3.96. The summed E-state index contributed by atoms with van der Waals surface area (Å²) in [6.07, 6.45) is 7.42. The lowest BCUT2D eigenvalue weighted by Crippen LogP contribution is -2.24. The molecule has 0 fully saturated rings. The molecule has 0 aliphatic heterocycles. The van der Waals surface area contributed by atoms with Crippen LogP contribution < -0.4 is 5.32 Å². The summed E-state index contributed by atoms with van der Waals surface area (Å²) in [6.45, 7) is 2.20. The summed E-state index contributed by atoms with van der Waals surface area (Å²) < 4.78 is 22.6. The Labute approximate surface area is 123 Å². The first kappa shape index (κ1) is 16.5. The number of nitrogens with one attached hydrogen (secondary N) is 1. The molecule has 0 bridgehead atoms. The first-order chi connectivity index (χ1) is 9.34. The first-order valence-corrected chi connectivity index (χ1v) is 8.43. The molecule has 0 radical (unpaired) electrons. The van der Waals surface area contributed by atoms with Crippen molar-refractivity contribution in [1.82, 2.24) is 5.32 Å². The van der Waals surface area contributed by atoms with Gasteiger partial charge in [0, 0.05) is 29.2 Å². The molecule has 4 nitrogen and oxygen atoms in total. The molecule has 108 valence electrons. The van der Waals surface area contributed by atoms with Crippen molar-refractivity contribution in [3.63, 3.8) is 0 Å². The lowest BCUT2D eigenvalue weighted by molar-refractivity contribution is 0.0952. The molecule has 0 saturated heterocycles. The fourth-order valence-corrected chi connectivity index (χ4v) is 2.54. The largest absolute Gasteiger partial charge is 0.352 e. The van der Waals surface area contributed by atoms with Crippen LogP contribution in [0.1, 0.15) is 35.2 Å². The zero-order chi connectivity index (χ0) is 15.2. The van der Waals surface area contributed by atoms with E-state index in [1.807, 2.05) is 0 Å². The van der Waals surface area contributed by atoms with Gasteiger partial charge in [-0.25, -0.2) is 8.42 Å². The summed E-state index contributed by atoms with van der Waals surface area (Å²) >= 11 is 0. The van der Waals surface area contributed by atoms with Crippen LogP contribution in [0.25, 0.3) is 0 Å². The monoisotopic (exact) mass is 313 g/mol. The number of hydrogen-bond donors (Lipinski definition) is 1. The lowest BCUT2D eigenvalue weighted by Gasteiger charge is -2.07. The minimum atomic E-state index is -3.84. The van der Waals surface area contributed by atoms with Crippen molar-refractivity contribution >= 4 is 25.6 Å². The highest BCUT2D eigenvalue weighted by atomic mass is 35.7. The van der Waals surface area contributed by atoms with Crippen molar-refractivity contribution in [2.45, 2.75) is 31.1 Å². The molecule has 20 heavy (non-hydrogen) atoms. The second-order valence-corrected chi connectivity index (χ2v) is 6.96. The number of halogens is 1. The maximum atomic E-state index is 11.9. The normalized spacial score (nSPS) is 10.8. The number of benzene rings is 1. The summed E-state index contributed by atoms with van der Waals surface area (Å²) in [4.78, 5) is 11.8. The van der Waals surface area contributed by atoms with Crippen LogP contribution in [0.5, 0.6) is 0 Å². The third kappa shape index (κ3) is 5.24. The number of unbranched alkanes of at least 4 members (excludes halogenated alkanes) is 2. The van der Waals surface area contributed by atoms with Crippen LogP contribution in [0.2, 0.25) is 0 Å². The standard InChI is InChI=1S/C14H16ClNO3S/c1-3-4-5-6-7-16-14(17)12-8-11(2)9-13(10-12)20(15,18)19/h1,8-10H,4-7H2,2H3,(H,16,17). The predicted molar refractivity (Wildman–Crippen MR) is 79.2 cm³/mol. The molecule has 0 aliphatic rings. The molecule has 6 heteroatoms. The number of rotatable bonds is 6. The zero-order valence-electron chi connectivity index (χ0n) is 11.1. The SMILES string of the molecule is C#CCCCCNC(=O)c1cc(C)cc(S(=O)(=O)Cl)c1. The van der Waals surface area contributed by atoms with Crippen LogP contribution >= 0.6 is 10.7 Å². The molecule has 0 aromatic heterocycles. The average Bonchev–Trinajstić information content (AvgIpc) is 2.36. The molecule has 1 N–H and O–H groups in total. The van der Waals surface area contributed by atoms with E-state index in [1.165, 1.54) is 12.1 Å². The van der Waals surface area contributed by atoms with Gasteiger partial charge in [0.25, 0.3) is 15.0 Å². The van der Waals surface area contributed by atoms with Gasteiger partial charge in [-0.05, 0) is 43.5 Å². The molecule has 0 unspecified atom stereocenters. The Morgan fingerprint density at radius 3 is 2.65 bits per heavy atom. The first-order valence-electron chi connectivity index (χ1n) is 6.12. The van der Waals surface area contributed by atoms with E-state index in [4.69, 9.17) is 17.1 Å². The number of terminal acetylenes is 1. The van der Waals surface area contributed by atoms with Crippen LogP contribution in [0, 0.1) is 19.3 Å². The molecule has 0 saturated carbocycles. The van der Waals surface area contributed by atoms with Gasteiger partial charge in [-0.1, -0.05) is 0 Å². The van der Waals surface area contributed by atoms with E-state index >= 15 is 0 Å². The number of carbonyl (C=O) groups is 1. The van der Waals surface area contributed by atoms with Crippen LogP contribution in [0.3, 0.4) is 0 Å². The predicted octanol–water partition coefficient (Wildman–Crippen LogP) is 2.46. The van der Waals surface area contributed by atoms with E-state index in [-0.39, 0.29) is 16.4 Å². The summed E-state index contributed by atoms with van der Waals surface area (Å²) in [5, 5.41) is 2.72. The van der Waals surface area contributed by atoms with Crippen LogP contribution in [0.15, 0.2) is 23.1 Å². The van der Waals surface area contributed by atoms with E-state index in [9.17, 15) is 13.2 Å². The maximum Gasteiger partial charge on any atom is 0.261 e. The number of aryl methyl sites for hydroxylation is 1. The molecule has 1 rings (SSSR count). The highest BCUT2D eigenvalue weighted by molar-refractivity contribution is 8.13. The second kappa shape index (κ2) is 7.32. The number of hydrogen-bond acceptors (Lipinski definition) is 3.